The molecule has 0 aliphatic heterocycles. The van der Waals surface area contributed by atoms with Crippen LogP contribution in [-0.2, 0) is 9.53 Å². The molecule has 0 aliphatic carbocycles. The number of ether oxygens (including phenoxy) is 1. The van der Waals surface area contributed by atoms with E-state index >= 15 is 0 Å². The Hall–Kier alpha value is -1.35. The number of thioether (sulfide) groups is 1. The van der Waals surface area contributed by atoms with Crippen molar-refractivity contribution in [1.29, 1.82) is 0 Å². The number of nitrogens with zero attached hydrogens (tertiary/aromatic N) is 2. The molecule has 1 amide bonds. The Bertz CT molecular complexity index is 696. The lowest BCUT2D eigenvalue weighted by Gasteiger charge is -2.12. The molecule has 0 saturated carbocycles. The lowest BCUT2D eigenvalue weighted by atomic mass is 10.2. The number of nitrogens with one attached hydrogen (secondary N) is 2. The van der Waals surface area contributed by atoms with Gasteiger partial charge in [-0.05, 0) is 31.5 Å². The monoisotopic (exact) mass is 386 g/mol. The van der Waals surface area contributed by atoms with Crippen LogP contribution in [0.4, 0.5) is 10.8 Å². The molecule has 0 radical (unpaired) electrons. The summed E-state index contributed by atoms with van der Waals surface area (Å²) in [6.45, 7) is 4.97. The van der Waals surface area contributed by atoms with Crippen molar-refractivity contribution >= 4 is 51.4 Å². The average molecular weight is 387 g/mol. The quantitative estimate of drug-likeness (QED) is 0.532. The number of methoxy groups -OCH3 is 1. The first-order valence-electron chi connectivity index (χ1n) is 7.30. The maximum atomic E-state index is 12.3. The van der Waals surface area contributed by atoms with Gasteiger partial charge in [0.1, 0.15) is 0 Å². The number of rotatable bonds is 8. The number of anilines is 2. The summed E-state index contributed by atoms with van der Waals surface area (Å²) >= 11 is 8.86. The first kappa shape index (κ1) is 19.0. The number of carbonyl (C=O) groups excluding carboxylic acids is 1. The van der Waals surface area contributed by atoms with E-state index in [0.717, 1.165) is 15.6 Å². The molecule has 0 spiro atoms. The maximum absolute atomic E-state index is 12.3. The molecule has 6 nitrogen and oxygen atoms in total. The minimum absolute atomic E-state index is 0.102. The van der Waals surface area contributed by atoms with E-state index in [-0.39, 0.29) is 11.2 Å². The molecule has 9 heteroatoms. The van der Waals surface area contributed by atoms with Crippen LogP contribution in [0.1, 0.15) is 12.5 Å². The second-order valence-electron chi connectivity index (χ2n) is 4.95. The van der Waals surface area contributed by atoms with Gasteiger partial charge in [-0.1, -0.05) is 40.8 Å². The molecule has 24 heavy (non-hydrogen) atoms. The first-order chi connectivity index (χ1) is 11.5. The maximum Gasteiger partial charge on any atom is 0.237 e. The number of aromatic nitrogens is 2. The van der Waals surface area contributed by atoms with Crippen LogP contribution >= 0.6 is 34.7 Å². The number of carbonyl (C=O) groups is 1. The third-order valence-corrected chi connectivity index (χ3v) is 5.64. The summed E-state index contributed by atoms with van der Waals surface area (Å²) < 4.78 is 5.70. The Morgan fingerprint density at radius 2 is 2.25 bits per heavy atom. The van der Waals surface area contributed by atoms with Crippen molar-refractivity contribution in [3.63, 3.8) is 0 Å². The van der Waals surface area contributed by atoms with Gasteiger partial charge in [0.05, 0.1) is 11.9 Å². The number of amides is 1. The van der Waals surface area contributed by atoms with E-state index in [2.05, 4.69) is 20.8 Å². The van der Waals surface area contributed by atoms with Gasteiger partial charge in [-0.15, -0.1) is 10.2 Å². The van der Waals surface area contributed by atoms with E-state index < -0.39 is 0 Å². The molecule has 0 bridgehead atoms. The van der Waals surface area contributed by atoms with Crippen LogP contribution in [0.15, 0.2) is 22.5 Å². The number of halogens is 1. The van der Waals surface area contributed by atoms with E-state index in [1.54, 1.807) is 13.2 Å². The van der Waals surface area contributed by atoms with Crippen LogP contribution in [0.5, 0.6) is 0 Å². The predicted molar refractivity (Wildman–Crippen MR) is 100 cm³/mol. The molecular formula is C15H19ClN4O2S2. The Kier molecular flexibility index (Phi) is 7.29. The zero-order valence-electron chi connectivity index (χ0n) is 13.6. The molecule has 2 aromatic rings. The molecule has 2 rings (SSSR count). The standard InChI is InChI=1S/C15H19ClN4O2S2/c1-9-11(16)5-4-6-12(9)18-13(21)10(2)23-15-20-19-14(24-15)17-7-8-22-3/h4-6,10H,7-8H2,1-3H3,(H,17,19)(H,18,21). The molecule has 0 aliphatic rings. The van der Waals surface area contributed by atoms with Crippen LogP contribution in [-0.4, -0.2) is 41.6 Å². The van der Waals surface area contributed by atoms with Crippen molar-refractivity contribution in [1.82, 2.24) is 10.2 Å². The molecule has 1 heterocycles. The fourth-order valence-corrected chi connectivity index (χ4v) is 3.87. The third kappa shape index (κ3) is 5.34. The summed E-state index contributed by atoms with van der Waals surface area (Å²) in [6, 6.07) is 5.44. The molecule has 1 unspecified atom stereocenters. The van der Waals surface area contributed by atoms with Gasteiger partial charge in [-0.3, -0.25) is 4.79 Å². The summed E-state index contributed by atoms with van der Waals surface area (Å²) in [7, 11) is 1.64. The predicted octanol–water partition coefficient (Wildman–Crippen LogP) is 3.68. The van der Waals surface area contributed by atoms with Gasteiger partial charge in [0.15, 0.2) is 4.34 Å². The van der Waals surface area contributed by atoms with Gasteiger partial charge in [0.25, 0.3) is 0 Å². The minimum atomic E-state index is -0.303. The first-order valence-corrected chi connectivity index (χ1v) is 9.37. The van der Waals surface area contributed by atoms with Gasteiger partial charge < -0.3 is 15.4 Å². The smallest absolute Gasteiger partial charge is 0.237 e. The van der Waals surface area contributed by atoms with E-state index in [0.29, 0.717) is 23.3 Å². The fourth-order valence-electron chi connectivity index (χ4n) is 1.77. The lowest BCUT2D eigenvalue weighted by Crippen LogP contribution is -2.22. The minimum Gasteiger partial charge on any atom is -0.383 e. The summed E-state index contributed by atoms with van der Waals surface area (Å²) in [6.07, 6.45) is 0. The molecule has 0 fully saturated rings. The second-order valence-corrected chi connectivity index (χ2v) is 7.93. The Morgan fingerprint density at radius 1 is 1.46 bits per heavy atom. The zero-order chi connectivity index (χ0) is 17.5. The van der Waals surface area contributed by atoms with Crippen molar-refractivity contribution in [3.05, 3.63) is 28.8 Å². The highest BCUT2D eigenvalue weighted by Gasteiger charge is 2.18. The topological polar surface area (TPSA) is 76.1 Å². The van der Waals surface area contributed by atoms with Crippen molar-refractivity contribution in [3.8, 4) is 0 Å². The van der Waals surface area contributed by atoms with E-state index in [4.69, 9.17) is 16.3 Å². The van der Waals surface area contributed by atoms with Crippen LogP contribution in [0.25, 0.3) is 0 Å². The van der Waals surface area contributed by atoms with Crippen LogP contribution in [0, 0.1) is 6.92 Å². The Balaban J connectivity index is 1.90. The SMILES string of the molecule is COCCNc1nnc(SC(C)C(=O)Nc2cccc(Cl)c2C)s1. The van der Waals surface area contributed by atoms with Crippen LogP contribution < -0.4 is 10.6 Å². The van der Waals surface area contributed by atoms with Crippen molar-refractivity contribution < 1.29 is 9.53 Å². The molecular weight excluding hydrogens is 368 g/mol. The molecule has 0 saturated heterocycles. The summed E-state index contributed by atoms with van der Waals surface area (Å²) in [5.41, 5.74) is 1.57. The molecule has 1 aromatic heterocycles. The molecule has 1 aromatic carbocycles. The largest absolute Gasteiger partial charge is 0.383 e. The number of benzene rings is 1. The highest BCUT2D eigenvalue weighted by molar-refractivity contribution is 8.02. The fraction of sp³-hybridized carbons (Fsp3) is 0.400. The van der Waals surface area contributed by atoms with E-state index in [1.807, 2.05) is 26.0 Å². The van der Waals surface area contributed by atoms with Crippen molar-refractivity contribution in [2.45, 2.75) is 23.4 Å². The van der Waals surface area contributed by atoms with E-state index in [9.17, 15) is 4.79 Å². The van der Waals surface area contributed by atoms with Gasteiger partial charge in [-0.2, -0.15) is 0 Å². The normalized spacial score (nSPS) is 12.0. The number of hydrogen-bond acceptors (Lipinski definition) is 7. The van der Waals surface area contributed by atoms with Crippen molar-refractivity contribution in [2.75, 3.05) is 30.9 Å². The molecule has 2 N–H and O–H groups in total. The number of hydrogen-bond donors (Lipinski definition) is 2. The van der Waals surface area contributed by atoms with Gasteiger partial charge >= 0.3 is 0 Å². The highest BCUT2D eigenvalue weighted by Crippen LogP contribution is 2.30. The van der Waals surface area contributed by atoms with Gasteiger partial charge in [0.2, 0.25) is 11.0 Å². The summed E-state index contributed by atoms with van der Waals surface area (Å²) in [4.78, 5) is 12.3. The van der Waals surface area contributed by atoms with Crippen LogP contribution in [0.3, 0.4) is 0 Å². The van der Waals surface area contributed by atoms with Gasteiger partial charge in [-0.25, -0.2) is 0 Å². The molecule has 1 atom stereocenters. The second kappa shape index (κ2) is 9.22. The van der Waals surface area contributed by atoms with Gasteiger partial charge in [0, 0.05) is 24.4 Å². The Labute approximate surface area is 154 Å². The van der Waals surface area contributed by atoms with Crippen LogP contribution in [0.2, 0.25) is 5.02 Å². The highest BCUT2D eigenvalue weighted by atomic mass is 35.5. The lowest BCUT2D eigenvalue weighted by molar-refractivity contribution is -0.115. The summed E-state index contributed by atoms with van der Waals surface area (Å²) in [5.74, 6) is -0.102. The molecule has 130 valence electrons. The summed E-state index contributed by atoms with van der Waals surface area (Å²) in [5, 5.41) is 15.2. The zero-order valence-corrected chi connectivity index (χ0v) is 16.0. The Morgan fingerprint density at radius 3 is 3.00 bits per heavy atom. The van der Waals surface area contributed by atoms with Crippen molar-refractivity contribution in [2.24, 2.45) is 0 Å². The average Bonchev–Trinajstić information content (AvgIpc) is 2.99. The van der Waals surface area contributed by atoms with E-state index in [1.165, 1.54) is 23.1 Å². The third-order valence-electron chi connectivity index (χ3n) is 3.16.